The van der Waals surface area contributed by atoms with E-state index >= 15 is 0 Å². The summed E-state index contributed by atoms with van der Waals surface area (Å²) in [4.78, 5) is 13.6. The molecule has 1 aliphatic carbocycles. The van der Waals surface area contributed by atoms with Crippen LogP contribution >= 0.6 is 23.2 Å². The summed E-state index contributed by atoms with van der Waals surface area (Å²) >= 11 is 12.0. The molecule has 3 atom stereocenters. The Morgan fingerprint density at radius 1 is 1.00 bits per heavy atom. The SMILES string of the molecule is O=C1Nc2cc(Cl)c(F)cc2[C@]12[C@@H](c1ccc(F)c(Cl)c1)CN[C@@H]2C1CCCC1. The molecular weight excluding hydrogens is 417 g/mol. The zero-order valence-corrected chi connectivity index (χ0v) is 17.1. The van der Waals surface area contributed by atoms with E-state index < -0.39 is 17.0 Å². The van der Waals surface area contributed by atoms with Crippen molar-refractivity contribution >= 4 is 34.8 Å². The number of halogens is 4. The molecule has 1 amide bonds. The first-order chi connectivity index (χ1) is 13.9. The van der Waals surface area contributed by atoms with Crippen LogP contribution in [0.15, 0.2) is 30.3 Å². The third-order valence-electron chi connectivity index (χ3n) is 6.93. The van der Waals surface area contributed by atoms with Gasteiger partial charge in [0.25, 0.3) is 0 Å². The van der Waals surface area contributed by atoms with Gasteiger partial charge in [0.1, 0.15) is 11.6 Å². The van der Waals surface area contributed by atoms with Gasteiger partial charge in [-0.25, -0.2) is 8.78 Å². The predicted octanol–water partition coefficient (Wildman–Crippen LogP) is 5.41. The highest BCUT2D eigenvalue weighted by Gasteiger charge is 2.62. The third-order valence-corrected chi connectivity index (χ3v) is 7.51. The van der Waals surface area contributed by atoms with Crippen LogP contribution in [0.1, 0.15) is 42.7 Å². The Hall–Kier alpha value is -1.69. The number of carbonyl (C=O) groups is 1. The number of nitrogens with one attached hydrogen (secondary N) is 2. The number of hydrogen-bond donors (Lipinski definition) is 2. The fraction of sp³-hybridized carbons (Fsp3) is 0.409. The van der Waals surface area contributed by atoms with Gasteiger partial charge in [-0.15, -0.1) is 0 Å². The van der Waals surface area contributed by atoms with Crippen LogP contribution in [0.4, 0.5) is 14.5 Å². The molecule has 0 radical (unpaired) electrons. The van der Waals surface area contributed by atoms with E-state index in [0.717, 1.165) is 31.2 Å². The Labute approximate surface area is 177 Å². The van der Waals surface area contributed by atoms with Crippen molar-refractivity contribution in [1.29, 1.82) is 0 Å². The van der Waals surface area contributed by atoms with Crippen LogP contribution in [0.25, 0.3) is 0 Å². The molecule has 2 aliphatic heterocycles. The van der Waals surface area contributed by atoms with Crippen molar-refractivity contribution in [3.63, 3.8) is 0 Å². The van der Waals surface area contributed by atoms with Gasteiger partial charge in [0.15, 0.2) is 0 Å². The molecule has 2 N–H and O–H groups in total. The smallest absolute Gasteiger partial charge is 0.237 e. The van der Waals surface area contributed by atoms with Gasteiger partial charge < -0.3 is 10.6 Å². The lowest BCUT2D eigenvalue weighted by Crippen LogP contribution is -2.51. The Balaban J connectivity index is 1.72. The maximum Gasteiger partial charge on any atom is 0.237 e. The molecule has 2 aromatic carbocycles. The molecule has 2 fully saturated rings. The van der Waals surface area contributed by atoms with E-state index in [2.05, 4.69) is 10.6 Å². The number of rotatable bonds is 2. The van der Waals surface area contributed by atoms with E-state index in [1.54, 1.807) is 12.1 Å². The molecule has 152 valence electrons. The number of fused-ring (bicyclic) bond motifs is 2. The molecule has 0 bridgehead atoms. The Morgan fingerprint density at radius 2 is 1.72 bits per heavy atom. The maximum atomic E-state index is 14.5. The molecule has 7 heteroatoms. The molecule has 29 heavy (non-hydrogen) atoms. The first kappa shape index (κ1) is 19.3. The van der Waals surface area contributed by atoms with Crippen molar-refractivity contribution in [2.45, 2.75) is 43.1 Å². The molecule has 3 aliphatic rings. The lowest BCUT2D eigenvalue weighted by Gasteiger charge is -2.37. The average molecular weight is 437 g/mol. The highest BCUT2D eigenvalue weighted by atomic mass is 35.5. The number of anilines is 1. The average Bonchev–Trinajstić information content (AvgIpc) is 3.39. The zero-order chi connectivity index (χ0) is 20.3. The van der Waals surface area contributed by atoms with Crippen LogP contribution in [0, 0.1) is 17.6 Å². The lowest BCUT2D eigenvalue weighted by atomic mass is 9.63. The standard InChI is InChI=1S/C22H20Cl2F2N2O/c23-15-7-12(5-6-17(15)25)14-10-27-20(11-3-1-2-4-11)22(14)13-8-18(26)16(24)9-19(13)28-21(22)29/h5-9,11,14,20,27H,1-4,10H2,(H,28,29)/t14-,20-,22-/m1/s1. The van der Waals surface area contributed by atoms with Gasteiger partial charge in [-0.1, -0.05) is 42.1 Å². The molecule has 1 saturated heterocycles. The fourth-order valence-corrected chi connectivity index (χ4v) is 6.07. The minimum atomic E-state index is -0.989. The summed E-state index contributed by atoms with van der Waals surface area (Å²) in [5, 5.41) is 6.50. The summed E-state index contributed by atoms with van der Waals surface area (Å²) < 4.78 is 28.3. The molecule has 0 aromatic heterocycles. The minimum absolute atomic E-state index is 0.0166. The summed E-state index contributed by atoms with van der Waals surface area (Å²) in [6.45, 7) is 0.528. The highest BCUT2D eigenvalue weighted by molar-refractivity contribution is 6.31. The summed E-state index contributed by atoms with van der Waals surface area (Å²) in [5.41, 5.74) is 0.947. The van der Waals surface area contributed by atoms with E-state index in [1.807, 2.05) is 0 Å². The highest BCUT2D eigenvalue weighted by Crippen LogP contribution is 2.56. The summed E-state index contributed by atoms with van der Waals surface area (Å²) in [6.07, 6.45) is 4.29. The van der Waals surface area contributed by atoms with Crippen LogP contribution in [0.5, 0.6) is 0 Å². The van der Waals surface area contributed by atoms with Gasteiger partial charge in [0.2, 0.25) is 5.91 Å². The molecule has 1 saturated carbocycles. The van der Waals surface area contributed by atoms with Gasteiger partial charge in [-0.3, -0.25) is 4.79 Å². The maximum absolute atomic E-state index is 14.5. The van der Waals surface area contributed by atoms with E-state index in [9.17, 15) is 13.6 Å². The van der Waals surface area contributed by atoms with Crippen LogP contribution in [-0.4, -0.2) is 18.5 Å². The van der Waals surface area contributed by atoms with Crippen LogP contribution in [0.3, 0.4) is 0 Å². The summed E-state index contributed by atoms with van der Waals surface area (Å²) in [6, 6.07) is 7.31. The lowest BCUT2D eigenvalue weighted by molar-refractivity contribution is -0.122. The predicted molar refractivity (Wildman–Crippen MR) is 110 cm³/mol. The van der Waals surface area contributed by atoms with Crippen LogP contribution < -0.4 is 10.6 Å². The normalized spacial score (nSPS) is 28.9. The van der Waals surface area contributed by atoms with E-state index in [4.69, 9.17) is 23.2 Å². The Morgan fingerprint density at radius 3 is 2.45 bits per heavy atom. The van der Waals surface area contributed by atoms with Crippen molar-refractivity contribution < 1.29 is 13.6 Å². The van der Waals surface area contributed by atoms with Crippen molar-refractivity contribution in [3.8, 4) is 0 Å². The van der Waals surface area contributed by atoms with Gasteiger partial charge in [-0.2, -0.15) is 0 Å². The number of benzene rings is 2. The largest absolute Gasteiger partial charge is 0.325 e. The fourth-order valence-electron chi connectivity index (χ4n) is 5.72. The monoisotopic (exact) mass is 436 g/mol. The number of hydrogen-bond acceptors (Lipinski definition) is 2. The first-order valence-corrected chi connectivity index (χ1v) is 10.7. The summed E-state index contributed by atoms with van der Waals surface area (Å²) in [7, 11) is 0. The first-order valence-electron chi connectivity index (χ1n) is 9.92. The van der Waals surface area contributed by atoms with E-state index in [1.165, 1.54) is 18.2 Å². The molecule has 3 nitrogen and oxygen atoms in total. The molecular formula is C22H20Cl2F2N2O. The van der Waals surface area contributed by atoms with Gasteiger partial charge in [0, 0.05) is 24.2 Å². The minimum Gasteiger partial charge on any atom is -0.325 e. The van der Waals surface area contributed by atoms with Crippen LogP contribution in [0.2, 0.25) is 10.0 Å². The Kier molecular flexibility index (Phi) is 4.61. The summed E-state index contributed by atoms with van der Waals surface area (Å²) in [5.74, 6) is -1.20. The van der Waals surface area contributed by atoms with Gasteiger partial charge in [-0.05, 0) is 54.2 Å². The van der Waals surface area contributed by atoms with E-state index in [-0.39, 0.29) is 27.9 Å². The zero-order valence-electron chi connectivity index (χ0n) is 15.6. The second-order valence-corrected chi connectivity index (χ2v) is 9.11. The van der Waals surface area contributed by atoms with Gasteiger partial charge >= 0.3 is 0 Å². The van der Waals surface area contributed by atoms with Crippen molar-refractivity contribution in [1.82, 2.24) is 5.32 Å². The second-order valence-electron chi connectivity index (χ2n) is 8.29. The van der Waals surface area contributed by atoms with Crippen molar-refractivity contribution in [3.05, 3.63) is 63.1 Å². The third kappa shape index (κ3) is 2.74. The van der Waals surface area contributed by atoms with Crippen LogP contribution in [-0.2, 0) is 10.2 Å². The van der Waals surface area contributed by atoms with E-state index in [0.29, 0.717) is 23.7 Å². The second kappa shape index (κ2) is 6.93. The topological polar surface area (TPSA) is 41.1 Å². The van der Waals surface area contributed by atoms with Crippen molar-refractivity contribution in [2.75, 3.05) is 11.9 Å². The molecule has 5 rings (SSSR count). The number of amides is 1. The molecule has 2 aromatic rings. The molecule has 1 spiro atoms. The molecule has 2 heterocycles. The number of carbonyl (C=O) groups excluding carboxylic acids is 1. The Bertz CT molecular complexity index is 1010. The molecule has 0 unspecified atom stereocenters. The van der Waals surface area contributed by atoms with Crippen molar-refractivity contribution in [2.24, 2.45) is 5.92 Å². The van der Waals surface area contributed by atoms with Gasteiger partial charge in [0.05, 0.1) is 15.5 Å². The quantitative estimate of drug-likeness (QED) is 0.660.